The summed E-state index contributed by atoms with van der Waals surface area (Å²) >= 11 is 0. The number of anilines is 4. The minimum absolute atomic E-state index is 0.147. The van der Waals surface area contributed by atoms with Gasteiger partial charge < -0.3 is 41.5 Å². The third-order valence-corrected chi connectivity index (χ3v) is 10.9. The summed E-state index contributed by atoms with van der Waals surface area (Å²) in [6.45, 7) is 12.6. The van der Waals surface area contributed by atoms with Crippen molar-refractivity contribution in [1.29, 1.82) is 0 Å². The van der Waals surface area contributed by atoms with Gasteiger partial charge in [-0.2, -0.15) is 0 Å². The van der Waals surface area contributed by atoms with Gasteiger partial charge in [-0.05, 0) is 74.2 Å². The topological polar surface area (TPSA) is 144 Å². The Hall–Kier alpha value is -5.05. The van der Waals surface area contributed by atoms with Gasteiger partial charge in [0.15, 0.2) is 0 Å². The van der Waals surface area contributed by atoms with Gasteiger partial charge in [0.1, 0.15) is 23.0 Å². The molecule has 0 fully saturated rings. The Morgan fingerprint density at radius 3 is 0.898 bits per heavy atom. The van der Waals surface area contributed by atoms with Crippen molar-refractivity contribution in [3.8, 4) is 23.0 Å². The molecule has 1 aliphatic carbocycles. The number of carbonyl (C=O) groups excluding carboxylic acids is 1. The first-order valence-corrected chi connectivity index (χ1v) is 22.3. The fraction of sp³-hybridized carbons (Fsp3) is 0.500. The highest BCUT2D eigenvalue weighted by atomic mass is 16.5. The molecule has 0 saturated carbocycles. The van der Waals surface area contributed by atoms with Crippen LogP contribution >= 0.6 is 0 Å². The van der Waals surface area contributed by atoms with E-state index in [0.717, 1.165) is 145 Å². The number of fused-ring (bicyclic) bond motifs is 8. The second kappa shape index (κ2) is 22.9. The highest BCUT2D eigenvalue weighted by Crippen LogP contribution is 2.42. The standard InChI is InChI=1S/C50H70N4O5/c1-6-10-14-18-56-47-35-22-37-28-44(52)30-39(48(37)57-19-15-11-7-2)24-41-32-46(54-34(5)55)33-42(50(41)59-21-17-13-9-4)25-40-31-45(53)29-38(23-36(47)27-43(51)26-35)49(40)58-20-16-12-8-3/h26-33H,6-25,51-53H2,1-5H3,(H,54,55). The minimum atomic E-state index is -0.147. The summed E-state index contributed by atoms with van der Waals surface area (Å²) in [5.41, 5.74) is 30.6. The number of hydrogen-bond donors (Lipinski definition) is 4. The molecule has 0 spiro atoms. The monoisotopic (exact) mass is 807 g/mol. The van der Waals surface area contributed by atoms with Crippen LogP contribution in [0.1, 0.15) is 156 Å². The molecule has 5 rings (SSSR count). The third kappa shape index (κ3) is 13.0. The third-order valence-electron chi connectivity index (χ3n) is 10.9. The van der Waals surface area contributed by atoms with Gasteiger partial charge in [-0.1, -0.05) is 79.1 Å². The molecule has 9 heteroatoms. The van der Waals surface area contributed by atoms with Crippen LogP contribution < -0.4 is 41.5 Å². The van der Waals surface area contributed by atoms with Crippen molar-refractivity contribution >= 4 is 28.7 Å². The average molecular weight is 807 g/mol. The fourth-order valence-corrected chi connectivity index (χ4v) is 8.09. The number of rotatable bonds is 21. The van der Waals surface area contributed by atoms with Crippen LogP contribution in [0.2, 0.25) is 0 Å². The first kappa shape index (κ1) is 45.0. The van der Waals surface area contributed by atoms with E-state index in [1.54, 1.807) is 0 Å². The van der Waals surface area contributed by atoms with E-state index >= 15 is 0 Å². The second-order valence-electron chi connectivity index (χ2n) is 16.2. The number of amides is 1. The summed E-state index contributed by atoms with van der Waals surface area (Å²) in [6.07, 6.45) is 14.3. The molecule has 1 amide bonds. The average Bonchev–Trinajstić information content (AvgIpc) is 3.18. The zero-order valence-corrected chi connectivity index (χ0v) is 36.5. The van der Waals surface area contributed by atoms with Crippen molar-refractivity contribution in [2.24, 2.45) is 0 Å². The normalized spacial score (nSPS) is 12.2. The Bertz CT molecular complexity index is 1880. The van der Waals surface area contributed by atoms with Crippen molar-refractivity contribution in [2.45, 2.75) is 137 Å². The zero-order chi connectivity index (χ0) is 42.1. The Labute approximate surface area is 353 Å². The second-order valence-corrected chi connectivity index (χ2v) is 16.2. The van der Waals surface area contributed by atoms with Crippen molar-refractivity contribution < 1.29 is 23.7 Å². The highest BCUT2D eigenvalue weighted by molar-refractivity contribution is 5.89. The largest absolute Gasteiger partial charge is 0.493 e. The van der Waals surface area contributed by atoms with Crippen LogP contribution in [0.5, 0.6) is 23.0 Å². The Morgan fingerprint density at radius 1 is 0.441 bits per heavy atom. The molecule has 0 radical (unpaired) electrons. The van der Waals surface area contributed by atoms with E-state index in [1.807, 2.05) is 48.5 Å². The van der Waals surface area contributed by atoms with Crippen LogP contribution in [-0.2, 0) is 30.5 Å². The van der Waals surface area contributed by atoms with E-state index in [0.29, 0.717) is 74.9 Å². The van der Waals surface area contributed by atoms with Gasteiger partial charge in [0.05, 0.1) is 26.4 Å². The van der Waals surface area contributed by atoms with E-state index in [2.05, 4.69) is 33.0 Å². The van der Waals surface area contributed by atoms with Gasteiger partial charge in [-0.15, -0.1) is 0 Å². The van der Waals surface area contributed by atoms with Gasteiger partial charge >= 0.3 is 0 Å². The summed E-state index contributed by atoms with van der Waals surface area (Å²) in [7, 11) is 0. The Balaban J connectivity index is 1.81. The highest BCUT2D eigenvalue weighted by Gasteiger charge is 2.24. The maximum atomic E-state index is 12.6. The maximum absolute atomic E-state index is 12.6. The predicted octanol–water partition coefficient (Wildman–Crippen LogP) is 11.3. The van der Waals surface area contributed by atoms with Crippen LogP contribution in [0.15, 0.2) is 48.5 Å². The maximum Gasteiger partial charge on any atom is 0.221 e. The molecular weight excluding hydrogens is 737 g/mol. The van der Waals surface area contributed by atoms with Gasteiger partial charge in [0.2, 0.25) is 5.91 Å². The molecule has 8 bridgehead atoms. The number of nitrogen functional groups attached to an aromatic ring is 3. The number of carbonyl (C=O) groups is 1. The quantitative estimate of drug-likeness (QED) is 0.0424. The lowest BCUT2D eigenvalue weighted by Gasteiger charge is -2.24. The molecule has 0 atom stereocenters. The molecule has 59 heavy (non-hydrogen) atoms. The van der Waals surface area contributed by atoms with Gasteiger partial charge in [0.25, 0.3) is 0 Å². The Kier molecular flexibility index (Phi) is 17.5. The zero-order valence-electron chi connectivity index (χ0n) is 36.5. The van der Waals surface area contributed by atoms with Crippen molar-refractivity contribution in [1.82, 2.24) is 0 Å². The Morgan fingerprint density at radius 2 is 0.678 bits per heavy atom. The SMILES string of the molecule is CCCCCOc1c2cc(N)cc1Cc1cc(N)cc(c1OCCCCC)Cc1cc(NC(C)=O)cc(c1OCCCCC)Cc1cc(N)cc(c1OCCCCC)C2. The lowest BCUT2D eigenvalue weighted by atomic mass is 9.90. The van der Waals surface area contributed by atoms with Crippen LogP contribution in [0.3, 0.4) is 0 Å². The van der Waals surface area contributed by atoms with Crippen molar-refractivity contribution in [3.63, 3.8) is 0 Å². The predicted molar refractivity (Wildman–Crippen MR) is 245 cm³/mol. The first-order valence-electron chi connectivity index (χ1n) is 22.3. The first-order chi connectivity index (χ1) is 28.6. The molecule has 0 aliphatic heterocycles. The summed E-state index contributed by atoms with van der Waals surface area (Å²) in [4.78, 5) is 12.6. The number of benzene rings is 4. The molecule has 0 heterocycles. The summed E-state index contributed by atoms with van der Waals surface area (Å²) in [5, 5.41) is 3.08. The van der Waals surface area contributed by atoms with Gasteiger partial charge in [-0.3, -0.25) is 4.79 Å². The molecule has 4 aromatic carbocycles. The van der Waals surface area contributed by atoms with E-state index in [1.165, 1.54) is 6.92 Å². The van der Waals surface area contributed by atoms with Crippen LogP contribution in [0.25, 0.3) is 0 Å². The molecule has 0 unspecified atom stereocenters. The van der Waals surface area contributed by atoms with Crippen LogP contribution in [0, 0.1) is 0 Å². The van der Waals surface area contributed by atoms with Crippen molar-refractivity contribution in [3.05, 3.63) is 93.0 Å². The van der Waals surface area contributed by atoms with Crippen LogP contribution in [-0.4, -0.2) is 32.3 Å². The lowest BCUT2D eigenvalue weighted by molar-refractivity contribution is -0.114. The van der Waals surface area contributed by atoms with Crippen LogP contribution in [0.4, 0.5) is 22.7 Å². The molecule has 0 aromatic heterocycles. The van der Waals surface area contributed by atoms with Gasteiger partial charge in [-0.25, -0.2) is 0 Å². The van der Waals surface area contributed by atoms with E-state index in [9.17, 15) is 4.79 Å². The van der Waals surface area contributed by atoms with E-state index in [4.69, 9.17) is 36.1 Å². The summed E-state index contributed by atoms with van der Waals surface area (Å²) in [6, 6.07) is 16.2. The number of nitrogens with two attached hydrogens (primary N) is 3. The fourth-order valence-electron chi connectivity index (χ4n) is 8.09. The molecular formula is C50H70N4O5. The number of unbranched alkanes of at least 4 members (excludes halogenated alkanes) is 8. The van der Waals surface area contributed by atoms with Crippen molar-refractivity contribution in [2.75, 3.05) is 48.9 Å². The molecule has 0 saturated heterocycles. The molecule has 320 valence electrons. The smallest absolute Gasteiger partial charge is 0.221 e. The number of ether oxygens (including phenoxy) is 4. The lowest BCUT2D eigenvalue weighted by Crippen LogP contribution is -2.13. The minimum Gasteiger partial charge on any atom is -0.493 e. The number of nitrogens with one attached hydrogen (secondary N) is 1. The molecule has 1 aliphatic rings. The van der Waals surface area contributed by atoms with E-state index < -0.39 is 0 Å². The van der Waals surface area contributed by atoms with Gasteiger partial charge in [0, 0.05) is 99.9 Å². The molecule has 7 N–H and O–H groups in total. The summed E-state index contributed by atoms with van der Waals surface area (Å²) < 4.78 is 27.2. The molecule has 9 nitrogen and oxygen atoms in total. The number of hydrogen-bond acceptors (Lipinski definition) is 8. The molecule has 4 aromatic rings. The summed E-state index contributed by atoms with van der Waals surface area (Å²) in [5.74, 6) is 3.10. The van der Waals surface area contributed by atoms with E-state index in [-0.39, 0.29) is 5.91 Å².